The summed E-state index contributed by atoms with van der Waals surface area (Å²) < 4.78 is 42.8. The molecule has 21 heavy (non-hydrogen) atoms. The van der Waals surface area contributed by atoms with Gasteiger partial charge in [0.2, 0.25) is 10.0 Å². The zero-order valence-electron chi connectivity index (χ0n) is 12.1. The highest BCUT2D eigenvalue weighted by Crippen LogP contribution is 2.29. The maximum absolute atomic E-state index is 13.5. The Hall–Kier alpha value is -1.54. The van der Waals surface area contributed by atoms with Crippen molar-refractivity contribution in [2.45, 2.75) is 18.9 Å². The lowest BCUT2D eigenvalue weighted by Gasteiger charge is -2.31. The Bertz CT molecular complexity index is 613. The number of methoxy groups -OCH3 is 1. The van der Waals surface area contributed by atoms with Gasteiger partial charge in [-0.2, -0.15) is 0 Å². The van der Waals surface area contributed by atoms with Crippen LogP contribution in [0.3, 0.4) is 0 Å². The summed E-state index contributed by atoms with van der Waals surface area (Å²) in [5.74, 6) is -0.382. The first kappa shape index (κ1) is 15.8. The number of nitrogens with zero attached hydrogens (tertiary/aromatic N) is 1. The van der Waals surface area contributed by atoms with Gasteiger partial charge in [-0.15, -0.1) is 0 Å². The van der Waals surface area contributed by atoms with E-state index in [1.54, 1.807) is 0 Å². The third-order valence-electron chi connectivity index (χ3n) is 3.61. The molecule has 0 aliphatic carbocycles. The van der Waals surface area contributed by atoms with Crippen LogP contribution in [0.4, 0.5) is 15.8 Å². The van der Waals surface area contributed by atoms with Crippen LogP contribution in [-0.4, -0.2) is 45.2 Å². The monoisotopic (exact) mass is 317 g/mol. The van der Waals surface area contributed by atoms with Gasteiger partial charge in [0.1, 0.15) is 0 Å². The van der Waals surface area contributed by atoms with Crippen molar-refractivity contribution in [3.63, 3.8) is 0 Å². The second-order valence-electron chi connectivity index (χ2n) is 5.15. The van der Waals surface area contributed by atoms with Crippen LogP contribution < -0.4 is 15.8 Å². The second kappa shape index (κ2) is 6.07. The van der Waals surface area contributed by atoms with Crippen LogP contribution >= 0.6 is 0 Å². The Morgan fingerprint density at radius 3 is 2.52 bits per heavy atom. The van der Waals surface area contributed by atoms with Gasteiger partial charge in [0.25, 0.3) is 0 Å². The molecule has 6 nitrogen and oxygen atoms in total. The predicted molar refractivity (Wildman–Crippen MR) is 80.4 cm³/mol. The first-order chi connectivity index (χ1) is 9.81. The Labute approximate surface area is 124 Å². The molecule has 0 radical (unpaired) electrons. The molecule has 0 amide bonds. The van der Waals surface area contributed by atoms with Gasteiger partial charge in [-0.1, -0.05) is 0 Å². The van der Waals surface area contributed by atoms with Gasteiger partial charge in [-0.3, -0.25) is 0 Å². The van der Waals surface area contributed by atoms with E-state index in [1.165, 1.54) is 29.8 Å². The molecule has 1 saturated heterocycles. The number of halogens is 1. The van der Waals surface area contributed by atoms with Crippen molar-refractivity contribution in [2.75, 3.05) is 37.5 Å². The summed E-state index contributed by atoms with van der Waals surface area (Å²) in [5.41, 5.74) is 6.70. The van der Waals surface area contributed by atoms with Crippen molar-refractivity contribution in [3.05, 3.63) is 17.9 Å². The highest BCUT2D eigenvalue weighted by Gasteiger charge is 2.25. The summed E-state index contributed by atoms with van der Waals surface area (Å²) in [6.45, 7) is 0.934. The molecule has 1 aromatic carbocycles. The number of benzene rings is 1. The van der Waals surface area contributed by atoms with Gasteiger partial charge in [-0.05, 0) is 12.8 Å². The summed E-state index contributed by atoms with van der Waals surface area (Å²) >= 11 is 0. The molecular weight excluding hydrogens is 297 g/mol. The fraction of sp³-hybridized carbons (Fsp3) is 0.538. The van der Waals surface area contributed by atoms with Crippen molar-refractivity contribution in [2.24, 2.45) is 0 Å². The lowest BCUT2D eigenvalue weighted by Crippen LogP contribution is -2.41. The van der Waals surface area contributed by atoms with Gasteiger partial charge >= 0.3 is 0 Å². The Morgan fingerprint density at radius 1 is 1.38 bits per heavy atom. The van der Waals surface area contributed by atoms with Crippen molar-refractivity contribution in [1.82, 2.24) is 4.31 Å². The number of anilines is 2. The number of hydrogen-bond acceptors (Lipinski definition) is 5. The molecule has 1 aliphatic heterocycles. The second-order valence-corrected chi connectivity index (χ2v) is 7.14. The van der Waals surface area contributed by atoms with E-state index in [2.05, 4.69) is 5.32 Å². The van der Waals surface area contributed by atoms with E-state index in [4.69, 9.17) is 10.5 Å². The average Bonchev–Trinajstić information content (AvgIpc) is 2.41. The number of hydrogen-bond donors (Lipinski definition) is 2. The molecule has 0 bridgehead atoms. The molecular formula is C13H20FN3O3S. The minimum atomic E-state index is -3.14. The summed E-state index contributed by atoms with van der Waals surface area (Å²) in [7, 11) is -1.74. The SMILES string of the molecule is COc1cc(NC2CCN(S(C)(=O)=O)CC2)c(N)cc1F. The van der Waals surface area contributed by atoms with Gasteiger partial charge in [-0.25, -0.2) is 17.1 Å². The molecule has 0 atom stereocenters. The van der Waals surface area contributed by atoms with Crippen LogP contribution in [0.5, 0.6) is 5.75 Å². The number of ether oxygens (including phenoxy) is 1. The molecule has 118 valence electrons. The van der Waals surface area contributed by atoms with Gasteiger partial charge in [0.15, 0.2) is 11.6 Å². The molecule has 1 fully saturated rings. The Morgan fingerprint density at radius 2 is 2.00 bits per heavy atom. The number of rotatable bonds is 4. The fourth-order valence-electron chi connectivity index (χ4n) is 2.40. The quantitative estimate of drug-likeness (QED) is 0.817. The van der Waals surface area contributed by atoms with E-state index in [1.807, 2.05) is 0 Å². The van der Waals surface area contributed by atoms with Crippen LogP contribution in [0.25, 0.3) is 0 Å². The van der Waals surface area contributed by atoms with Gasteiger partial charge in [0.05, 0.1) is 24.7 Å². The molecule has 1 heterocycles. The summed E-state index contributed by atoms with van der Waals surface area (Å²) in [6, 6.07) is 2.83. The van der Waals surface area contributed by atoms with E-state index in [0.29, 0.717) is 37.3 Å². The van der Waals surface area contributed by atoms with Crippen LogP contribution in [-0.2, 0) is 10.0 Å². The standard InChI is InChI=1S/C13H20FN3O3S/c1-20-13-8-12(11(15)7-10(13)14)16-9-3-5-17(6-4-9)21(2,18)19/h7-9,16H,3-6,15H2,1-2H3. The molecule has 1 aromatic rings. The third-order valence-corrected chi connectivity index (χ3v) is 4.91. The maximum atomic E-state index is 13.5. The zero-order valence-corrected chi connectivity index (χ0v) is 12.9. The predicted octanol–water partition coefficient (Wildman–Crippen LogP) is 1.25. The minimum absolute atomic E-state index is 0.0977. The van der Waals surface area contributed by atoms with E-state index in [9.17, 15) is 12.8 Å². The minimum Gasteiger partial charge on any atom is -0.494 e. The normalized spacial score (nSPS) is 17.7. The van der Waals surface area contributed by atoms with Crippen molar-refractivity contribution in [3.8, 4) is 5.75 Å². The highest BCUT2D eigenvalue weighted by molar-refractivity contribution is 7.88. The molecule has 1 aliphatic rings. The average molecular weight is 317 g/mol. The lowest BCUT2D eigenvalue weighted by atomic mass is 10.1. The van der Waals surface area contributed by atoms with E-state index in [0.717, 1.165) is 0 Å². The molecule has 0 saturated carbocycles. The number of nitrogens with one attached hydrogen (secondary N) is 1. The summed E-state index contributed by atoms with van der Waals surface area (Å²) in [4.78, 5) is 0. The van der Waals surface area contributed by atoms with Crippen molar-refractivity contribution in [1.29, 1.82) is 0 Å². The zero-order chi connectivity index (χ0) is 15.6. The number of nitrogen functional groups attached to an aromatic ring is 1. The fourth-order valence-corrected chi connectivity index (χ4v) is 3.28. The van der Waals surface area contributed by atoms with E-state index in [-0.39, 0.29) is 11.8 Å². The topological polar surface area (TPSA) is 84.7 Å². The number of piperidine rings is 1. The largest absolute Gasteiger partial charge is 0.494 e. The van der Waals surface area contributed by atoms with Gasteiger partial charge in [0, 0.05) is 31.3 Å². The first-order valence-electron chi connectivity index (χ1n) is 6.66. The molecule has 8 heteroatoms. The number of nitrogens with two attached hydrogens (primary N) is 1. The molecule has 0 aromatic heterocycles. The van der Waals surface area contributed by atoms with E-state index < -0.39 is 15.8 Å². The van der Waals surface area contributed by atoms with E-state index >= 15 is 0 Å². The summed E-state index contributed by atoms with van der Waals surface area (Å²) in [5, 5.41) is 3.23. The number of sulfonamides is 1. The molecule has 3 N–H and O–H groups in total. The lowest BCUT2D eigenvalue weighted by molar-refractivity contribution is 0.332. The molecule has 0 unspecified atom stereocenters. The summed E-state index contributed by atoms with van der Waals surface area (Å²) in [6.07, 6.45) is 2.56. The van der Waals surface area contributed by atoms with Crippen LogP contribution in [0.2, 0.25) is 0 Å². The van der Waals surface area contributed by atoms with Crippen molar-refractivity contribution >= 4 is 21.4 Å². The molecule has 0 spiro atoms. The Kier molecular flexibility index (Phi) is 4.58. The smallest absolute Gasteiger partial charge is 0.211 e. The van der Waals surface area contributed by atoms with Crippen molar-refractivity contribution < 1.29 is 17.5 Å². The van der Waals surface area contributed by atoms with Crippen LogP contribution in [0.1, 0.15) is 12.8 Å². The first-order valence-corrected chi connectivity index (χ1v) is 8.50. The van der Waals surface area contributed by atoms with Crippen LogP contribution in [0.15, 0.2) is 12.1 Å². The Balaban J connectivity index is 2.04. The molecule has 2 rings (SSSR count). The van der Waals surface area contributed by atoms with Gasteiger partial charge < -0.3 is 15.8 Å². The maximum Gasteiger partial charge on any atom is 0.211 e. The highest BCUT2D eigenvalue weighted by atomic mass is 32.2. The third kappa shape index (κ3) is 3.76. The van der Waals surface area contributed by atoms with Crippen LogP contribution in [0, 0.1) is 5.82 Å².